The summed E-state index contributed by atoms with van der Waals surface area (Å²) < 4.78 is 35.3. The van der Waals surface area contributed by atoms with Crippen LogP contribution in [0.5, 0.6) is 5.75 Å². The topological polar surface area (TPSA) is 264 Å². The fourth-order valence-electron chi connectivity index (χ4n) is 6.27. The van der Waals surface area contributed by atoms with Crippen molar-refractivity contribution in [3.8, 4) is 5.75 Å². The molecule has 0 bridgehead atoms. The van der Waals surface area contributed by atoms with Gasteiger partial charge in [-0.25, -0.2) is 0 Å². The zero-order valence-electron chi connectivity index (χ0n) is 26.8. The summed E-state index contributed by atoms with van der Waals surface area (Å²) in [7, 11) is -4.82. The van der Waals surface area contributed by atoms with Crippen molar-refractivity contribution >= 4 is 52.0 Å². The van der Waals surface area contributed by atoms with Crippen LogP contribution in [0.2, 0.25) is 5.02 Å². The van der Waals surface area contributed by atoms with Gasteiger partial charge in [-0.15, -0.1) is 0 Å². The van der Waals surface area contributed by atoms with Gasteiger partial charge in [0.1, 0.15) is 24.5 Å². The molecule has 0 spiro atoms. The van der Waals surface area contributed by atoms with Gasteiger partial charge in [-0.05, 0) is 74.5 Å². The molecule has 268 valence electrons. The number of fused-ring (bicyclic) bond motifs is 1. The van der Waals surface area contributed by atoms with Crippen molar-refractivity contribution in [3.05, 3.63) is 28.8 Å². The van der Waals surface area contributed by atoms with Crippen LogP contribution < -0.4 is 26.3 Å². The van der Waals surface area contributed by atoms with Gasteiger partial charge in [-0.2, -0.15) is 8.42 Å². The van der Waals surface area contributed by atoms with Crippen LogP contribution in [0.25, 0.3) is 0 Å². The van der Waals surface area contributed by atoms with E-state index in [-0.39, 0.29) is 60.8 Å². The first kappa shape index (κ1) is 38.9. The van der Waals surface area contributed by atoms with Gasteiger partial charge in [-0.3, -0.25) is 23.9 Å². The highest BCUT2D eigenvalue weighted by atomic mass is 35.5. The lowest BCUT2D eigenvalue weighted by atomic mass is 9.83. The first-order valence-corrected chi connectivity index (χ1v) is 17.5. The lowest BCUT2D eigenvalue weighted by molar-refractivity contribution is -0.146. The van der Waals surface area contributed by atoms with E-state index in [1.54, 1.807) is 0 Å². The molecule has 1 aromatic rings. The molecule has 1 saturated heterocycles. The summed E-state index contributed by atoms with van der Waals surface area (Å²) in [5.41, 5.74) is 11.0. The van der Waals surface area contributed by atoms with Crippen LogP contribution in [-0.4, -0.2) is 101 Å². The van der Waals surface area contributed by atoms with Crippen molar-refractivity contribution in [2.45, 2.75) is 102 Å². The molecule has 3 rings (SSSR count). The van der Waals surface area contributed by atoms with E-state index in [2.05, 4.69) is 19.8 Å². The van der Waals surface area contributed by atoms with Gasteiger partial charge in [0.2, 0.25) is 17.7 Å². The van der Waals surface area contributed by atoms with Crippen LogP contribution in [0, 0.1) is 11.8 Å². The van der Waals surface area contributed by atoms with Gasteiger partial charge in [0.25, 0.3) is 0 Å². The molecule has 1 saturated carbocycles. The van der Waals surface area contributed by atoms with E-state index in [1.165, 1.54) is 17.0 Å². The number of halogens is 1. The third-order valence-corrected chi connectivity index (χ3v) is 9.09. The zero-order valence-corrected chi connectivity index (χ0v) is 28.4. The number of nitrogens with two attached hydrogens (primary N) is 2. The molecule has 1 aliphatic carbocycles. The third-order valence-electron chi connectivity index (χ3n) is 8.41. The van der Waals surface area contributed by atoms with E-state index < -0.39 is 64.5 Å². The van der Waals surface area contributed by atoms with E-state index in [0.717, 1.165) is 6.07 Å². The quantitative estimate of drug-likeness (QED) is 0.0386. The molecule has 7 atom stereocenters. The lowest BCUT2D eigenvalue weighted by Crippen LogP contribution is -2.58. The Morgan fingerprint density at radius 2 is 1.90 bits per heavy atom. The number of amides is 3. The van der Waals surface area contributed by atoms with Gasteiger partial charge < -0.3 is 46.2 Å². The minimum Gasteiger partial charge on any atom is -0.393 e. The number of aliphatic hydroxyl groups is 2. The molecule has 0 aromatic heterocycles. The molecule has 18 heteroatoms. The monoisotopic (exact) mass is 716 g/mol. The second-order valence-corrected chi connectivity index (χ2v) is 14.1. The van der Waals surface area contributed by atoms with Crippen LogP contribution in [0.15, 0.2) is 23.2 Å². The maximum Gasteiger partial charge on any atom is 0.446 e. The van der Waals surface area contributed by atoms with Gasteiger partial charge >= 0.3 is 10.4 Å². The highest BCUT2D eigenvalue weighted by Crippen LogP contribution is 2.40. The molecule has 1 aromatic carbocycles. The van der Waals surface area contributed by atoms with Crippen LogP contribution in [-0.2, 0) is 36.0 Å². The molecule has 0 unspecified atom stereocenters. The van der Waals surface area contributed by atoms with E-state index in [1.807, 2.05) is 13.8 Å². The van der Waals surface area contributed by atoms with Crippen LogP contribution in [0.4, 0.5) is 0 Å². The summed E-state index contributed by atoms with van der Waals surface area (Å²) >= 11 is 6.03. The Labute approximate surface area is 284 Å². The summed E-state index contributed by atoms with van der Waals surface area (Å²) in [6.07, 6.45) is 0.562. The van der Waals surface area contributed by atoms with Gasteiger partial charge in [0.05, 0.1) is 17.2 Å². The van der Waals surface area contributed by atoms with Crippen molar-refractivity contribution < 1.29 is 46.5 Å². The Hall–Kier alpha value is -3.51. The van der Waals surface area contributed by atoms with E-state index in [0.29, 0.717) is 37.5 Å². The summed E-state index contributed by atoms with van der Waals surface area (Å²) in [6, 6.07) is 0.334. The average Bonchev–Trinajstić information content (AvgIpc) is 3.37. The number of carbonyl (C=O) groups excluding carboxylic acids is 4. The average molecular weight is 717 g/mol. The molecule has 2 fully saturated rings. The van der Waals surface area contributed by atoms with Gasteiger partial charge in [0.15, 0.2) is 11.7 Å². The number of nitrogens with one attached hydrogen (secondary N) is 2. The number of aliphatic imine (C=N–C) groups is 1. The number of nitrogens with zero attached hydrogens (tertiary/aromatic N) is 2. The number of hydrogen-bond acceptors (Lipinski definition) is 10. The van der Waals surface area contributed by atoms with Crippen molar-refractivity contribution in [1.29, 1.82) is 0 Å². The Morgan fingerprint density at radius 3 is 2.50 bits per heavy atom. The largest absolute Gasteiger partial charge is 0.446 e. The number of hydrogen-bond donors (Lipinski definition) is 7. The molecule has 1 aliphatic heterocycles. The molecular weight excluding hydrogens is 672 g/mol. The lowest BCUT2D eigenvalue weighted by Gasteiger charge is -2.38. The number of carbonyl (C=O) groups is 4. The standard InChI is InChI=1S/C30H45ClN6O10S/c1-16(2)10-22(36-28(42)25(40)12-17-5-8-26(21(31)11-17)47-48(44,45)46)29(43)37-23-14-20(39)7-6-18(23)13-24(37)27(41)35-19(15-38)4-3-9-34-30(32)33/h5,8,11,15-16,18-20,22-25,39-40H,3-4,6-7,9-10,12-14H2,1-2H3,(H,35,41)(H,36,42)(H4,32,33,34)(H,44,45,46)/t18-,19-,20+,22+,23-,24-,25+/m0/s1. The Bertz CT molecular complexity index is 1460. The SMILES string of the molecule is CC(C)C[C@@H](NC(=O)[C@H](O)Cc1ccc(OS(=O)(=O)O)c(Cl)c1)C(=O)N1[C@H](C(=O)N[C@H](C=O)CCCN=C(N)N)C[C@@H]2CC[C@@H](O)C[C@@H]21. The smallest absolute Gasteiger partial charge is 0.393 e. The van der Waals surface area contributed by atoms with Crippen LogP contribution in [0.1, 0.15) is 64.4 Å². The minimum atomic E-state index is -4.82. The van der Waals surface area contributed by atoms with Crippen molar-refractivity contribution in [1.82, 2.24) is 15.5 Å². The molecule has 3 amide bonds. The Kier molecular flexibility index (Phi) is 14.0. The van der Waals surface area contributed by atoms with E-state index in [4.69, 9.17) is 27.6 Å². The first-order valence-electron chi connectivity index (χ1n) is 15.7. The van der Waals surface area contributed by atoms with Gasteiger partial charge in [-0.1, -0.05) is 31.5 Å². The van der Waals surface area contributed by atoms with Crippen LogP contribution >= 0.6 is 11.6 Å². The molecule has 0 radical (unpaired) electrons. The predicted molar refractivity (Wildman–Crippen MR) is 175 cm³/mol. The Balaban J connectivity index is 1.78. The number of aliphatic hydroxyl groups excluding tert-OH is 2. The number of guanidine groups is 1. The fourth-order valence-corrected chi connectivity index (χ4v) is 6.93. The maximum absolute atomic E-state index is 14.3. The molecule has 48 heavy (non-hydrogen) atoms. The maximum atomic E-state index is 14.3. The van der Waals surface area contributed by atoms with Gasteiger partial charge in [0, 0.05) is 19.0 Å². The summed E-state index contributed by atoms with van der Waals surface area (Å²) in [5.74, 6) is -2.55. The fraction of sp³-hybridized carbons (Fsp3) is 0.633. The number of benzene rings is 1. The predicted octanol–water partition coefficient (Wildman–Crippen LogP) is -0.176. The van der Waals surface area contributed by atoms with Crippen molar-refractivity contribution in [3.63, 3.8) is 0 Å². The molecular formula is C30H45ClN6O10S. The second kappa shape index (κ2) is 17.2. The van der Waals surface area contributed by atoms with Crippen LogP contribution in [0.3, 0.4) is 0 Å². The number of aldehydes is 1. The summed E-state index contributed by atoms with van der Waals surface area (Å²) in [5, 5.41) is 26.4. The molecule has 9 N–H and O–H groups in total. The van der Waals surface area contributed by atoms with E-state index >= 15 is 0 Å². The number of rotatable bonds is 16. The minimum absolute atomic E-state index is 0.0804. The second-order valence-electron chi connectivity index (χ2n) is 12.7. The molecule has 16 nitrogen and oxygen atoms in total. The first-order chi connectivity index (χ1) is 22.5. The third kappa shape index (κ3) is 11.3. The normalized spacial score (nSPS) is 22.6. The highest BCUT2D eigenvalue weighted by molar-refractivity contribution is 7.81. The number of likely N-dealkylation sites (tertiary alicyclic amines) is 1. The van der Waals surface area contributed by atoms with E-state index in [9.17, 15) is 37.8 Å². The molecule has 1 heterocycles. The van der Waals surface area contributed by atoms with Crippen molar-refractivity contribution in [2.75, 3.05) is 6.54 Å². The highest BCUT2D eigenvalue weighted by Gasteiger charge is 2.50. The zero-order chi connectivity index (χ0) is 35.8. The summed E-state index contributed by atoms with van der Waals surface area (Å²) in [4.78, 5) is 58.2. The Morgan fingerprint density at radius 1 is 1.19 bits per heavy atom. The van der Waals surface area contributed by atoms with Crippen molar-refractivity contribution in [2.24, 2.45) is 28.3 Å². The summed E-state index contributed by atoms with van der Waals surface area (Å²) in [6.45, 7) is 3.96. The molecule has 2 aliphatic rings.